The third-order valence-electron chi connectivity index (χ3n) is 4.58. The van der Waals surface area contributed by atoms with Gasteiger partial charge in [-0.25, -0.2) is 9.37 Å². The van der Waals surface area contributed by atoms with E-state index >= 15 is 0 Å². The van der Waals surface area contributed by atoms with Crippen LogP contribution in [0, 0.1) is 5.82 Å². The van der Waals surface area contributed by atoms with Gasteiger partial charge in [-0.05, 0) is 30.5 Å². The van der Waals surface area contributed by atoms with Gasteiger partial charge in [-0.1, -0.05) is 43.2 Å². The number of aromatic nitrogens is 2. The number of nitrogens with one attached hydrogen (secondary N) is 1. The highest BCUT2D eigenvalue weighted by atomic mass is 32.2. The van der Waals surface area contributed by atoms with E-state index in [9.17, 15) is 14.0 Å². The van der Waals surface area contributed by atoms with E-state index in [2.05, 4.69) is 9.97 Å². The van der Waals surface area contributed by atoms with Gasteiger partial charge in [-0.3, -0.25) is 9.59 Å². The first-order chi connectivity index (χ1) is 12.6. The monoisotopic (exact) mass is 375 g/mol. The highest BCUT2D eigenvalue weighted by Gasteiger charge is 2.25. The highest BCUT2D eigenvalue weighted by molar-refractivity contribution is 7.99. The molecule has 1 N–H and O–H groups in total. The van der Waals surface area contributed by atoms with Crippen molar-refractivity contribution in [1.29, 1.82) is 0 Å². The molecule has 7 heteroatoms. The van der Waals surface area contributed by atoms with Crippen molar-refractivity contribution in [3.05, 3.63) is 58.3 Å². The second kappa shape index (κ2) is 8.98. The second-order valence-electron chi connectivity index (χ2n) is 6.47. The largest absolute Gasteiger partial charge is 0.335 e. The molecule has 138 valence electrons. The van der Waals surface area contributed by atoms with Gasteiger partial charge in [0.05, 0.1) is 5.75 Å². The number of thioether (sulfide) groups is 1. The fraction of sp³-hybridized carbons (Fsp3) is 0.421. The molecule has 0 atom stereocenters. The predicted molar refractivity (Wildman–Crippen MR) is 99.4 cm³/mol. The van der Waals surface area contributed by atoms with Gasteiger partial charge in [0.15, 0.2) is 5.16 Å². The third-order valence-corrected chi connectivity index (χ3v) is 5.45. The minimum absolute atomic E-state index is 0.0118. The number of benzene rings is 1. The van der Waals surface area contributed by atoms with Crippen LogP contribution in [-0.2, 0) is 11.3 Å². The molecule has 2 aromatic rings. The van der Waals surface area contributed by atoms with E-state index in [1.807, 2.05) is 4.90 Å². The number of aromatic amines is 1. The first kappa shape index (κ1) is 18.6. The quantitative estimate of drug-likeness (QED) is 0.621. The van der Waals surface area contributed by atoms with Crippen LogP contribution in [0.4, 0.5) is 4.39 Å². The fourth-order valence-corrected chi connectivity index (χ4v) is 3.97. The summed E-state index contributed by atoms with van der Waals surface area (Å²) >= 11 is 1.23. The lowest BCUT2D eigenvalue weighted by Crippen LogP contribution is -2.42. The summed E-state index contributed by atoms with van der Waals surface area (Å²) in [6.45, 7) is 0.475. The maximum atomic E-state index is 13.2. The zero-order chi connectivity index (χ0) is 18.4. The summed E-state index contributed by atoms with van der Waals surface area (Å²) < 4.78 is 13.2. The van der Waals surface area contributed by atoms with Crippen molar-refractivity contribution in [2.24, 2.45) is 0 Å². The molecule has 0 unspecified atom stereocenters. The Morgan fingerprint density at radius 3 is 2.62 bits per heavy atom. The fourth-order valence-electron chi connectivity index (χ4n) is 3.24. The van der Waals surface area contributed by atoms with Gasteiger partial charge in [-0.15, -0.1) is 0 Å². The minimum atomic E-state index is -0.279. The van der Waals surface area contributed by atoms with Crippen LogP contribution in [0.5, 0.6) is 0 Å². The van der Waals surface area contributed by atoms with Crippen LogP contribution in [0.2, 0.25) is 0 Å². The average Bonchev–Trinajstić information content (AvgIpc) is 2.66. The average molecular weight is 375 g/mol. The lowest BCUT2D eigenvalue weighted by molar-refractivity contribution is -0.132. The number of carbonyl (C=O) groups excluding carboxylic acids is 1. The van der Waals surface area contributed by atoms with Crippen molar-refractivity contribution in [2.75, 3.05) is 5.75 Å². The Hall–Kier alpha value is -2.15. The summed E-state index contributed by atoms with van der Waals surface area (Å²) in [7, 11) is 0. The molecule has 1 aliphatic rings. The third kappa shape index (κ3) is 5.17. The molecule has 0 saturated heterocycles. The van der Waals surface area contributed by atoms with E-state index in [0.717, 1.165) is 31.2 Å². The maximum Gasteiger partial charge on any atom is 0.251 e. The number of carbonyl (C=O) groups is 1. The van der Waals surface area contributed by atoms with Gasteiger partial charge < -0.3 is 9.88 Å². The van der Waals surface area contributed by atoms with Gasteiger partial charge >= 0.3 is 0 Å². The molecule has 0 spiro atoms. The molecule has 1 amide bonds. The van der Waals surface area contributed by atoms with Crippen molar-refractivity contribution >= 4 is 17.7 Å². The molecule has 1 fully saturated rings. The zero-order valence-electron chi connectivity index (χ0n) is 14.5. The summed E-state index contributed by atoms with van der Waals surface area (Å²) in [4.78, 5) is 32.8. The number of amides is 1. The molecule has 0 bridgehead atoms. The van der Waals surface area contributed by atoms with Crippen molar-refractivity contribution < 1.29 is 9.18 Å². The Kier molecular flexibility index (Phi) is 6.44. The minimum Gasteiger partial charge on any atom is -0.335 e. The van der Waals surface area contributed by atoms with E-state index in [0.29, 0.717) is 11.7 Å². The van der Waals surface area contributed by atoms with Crippen molar-refractivity contribution in [2.45, 2.75) is 49.8 Å². The molecule has 1 saturated carbocycles. The van der Waals surface area contributed by atoms with Crippen LogP contribution in [0.1, 0.15) is 37.7 Å². The summed E-state index contributed by atoms with van der Waals surface area (Å²) in [5.74, 6) is -0.0540. The highest BCUT2D eigenvalue weighted by Crippen LogP contribution is 2.25. The summed E-state index contributed by atoms with van der Waals surface area (Å²) in [5, 5.41) is 0.441. The number of hydrogen-bond donors (Lipinski definition) is 1. The SMILES string of the molecule is O=C(CSc1nccc(=O)[nH]1)N(Cc1ccc(F)cc1)C1CCCCC1. The van der Waals surface area contributed by atoms with Crippen LogP contribution in [0.3, 0.4) is 0 Å². The zero-order valence-corrected chi connectivity index (χ0v) is 15.3. The summed E-state index contributed by atoms with van der Waals surface area (Å²) in [6.07, 6.45) is 6.88. The first-order valence-electron chi connectivity index (χ1n) is 8.84. The summed E-state index contributed by atoms with van der Waals surface area (Å²) in [5.41, 5.74) is 0.687. The number of nitrogens with zero attached hydrogens (tertiary/aromatic N) is 2. The molecule has 1 aromatic heterocycles. The van der Waals surface area contributed by atoms with Gasteiger partial charge in [0.2, 0.25) is 5.91 Å². The molecule has 1 aliphatic carbocycles. The number of hydrogen-bond acceptors (Lipinski definition) is 4. The van der Waals surface area contributed by atoms with Gasteiger partial charge in [-0.2, -0.15) is 0 Å². The number of halogens is 1. The lowest BCUT2D eigenvalue weighted by atomic mass is 9.94. The Labute approximate surface area is 156 Å². The molecule has 1 aromatic carbocycles. The Balaban J connectivity index is 1.69. The van der Waals surface area contributed by atoms with E-state index in [-0.39, 0.29) is 29.1 Å². The normalized spacial score (nSPS) is 15.0. The van der Waals surface area contributed by atoms with E-state index in [1.54, 1.807) is 12.1 Å². The van der Waals surface area contributed by atoms with E-state index in [1.165, 1.54) is 42.6 Å². The van der Waals surface area contributed by atoms with Gasteiger partial charge in [0.25, 0.3) is 5.56 Å². The molecule has 26 heavy (non-hydrogen) atoms. The molecular weight excluding hydrogens is 353 g/mol. The molecule has 5 nitrogen and oxygen atoms in total. The van der Waals surface area contributed by atoms with Gasteiger partial charge in [0, 0.05) is 24.8 Å². The van der Waals surface area contributed by atoms with Crippen molar-refractivity contribution in [3.63, 3.8) is 0 Å². The number of H-pyrrole nitrogens is 1. The second-order valence-corrected chi connectivity index (χ2v) is 7.43. The predicted octanol–water partition coefficient (Wildman–Crippen LogP) is 3.36. The van der Waals surface area contributed by atoms with Crippen molar-refractivity contribution in [3.8, 4) is 0 Å². The smallest absolute Gasteiger partial charge is 0.251 e. The standard InChI is InChI=1S/C19H22FN3O2S/c20-15-8-6-14(7-9-15)12-23(16-4-2-1-3-5-16)18(25)13-26-19-21-11-10-17(24)22-19/h6-11,16H,1-5,12-13H2,(H,21,22,24). The molecular formula is C19H22FN3O2S. The van der Waals surface area contributed by atoms with Crippen LogP contribution in [0.25, 0.3) is 0 Å². The molecule has 3 rings (SSSR count). The Morgan fingerprint density at radius 2 is 1.92 bits per heavy atom. The van der Waals surface area contributed by atoms with Crippen LogP contribution in [0.15, 0.2) is 46.5 Å². The Bertz CT molecular complexity index is 788. The molecule has 1 heterocycles. The van der Waals surface area contributed by atoms with E-state index < -0.39 is 0 Å². The van der Waals surface area contributed by atoms with Crippen molar-refractivity contribution in [1.82, 2.24) is 14.9 Å². The Morgan fingerprint density at radius 1 is 1.19 bits per heavy atom. The maximum absolute atomic E-state index is 13.2. The van der Waals surface area contributed by atoms with Crippen LogP contribution >= 0.6 is 11.8 Å². The lowest BCUT2D eigenvalue weighted by Gasteiger charge is -2.34. The number of rotatable bonds is 6. The first-order valence-corrected chi connectivity index (χ1v) is 9.82. The molecule has 0 radical (unpaired) electrons. The van der Waals surface area contributed by atoms with Gasteiger partial charge in [0.1, 0.15) is 5.82 Å². The van der Waals surface area contributed by atoms with Crippen LogP contribution in [-0.4, -0.2) is 32.6 Å². The van der Waals surface area contributed by atoms with E-state index in [4.69, 9.17) is 0 Å². The topological polar surface area (TPSA) is 66.1 Å². The molecule has 0 aliphatic heterocycles. The van der Waals surface area contributed by atoms with Crippen LogP contribution < -0.4 is 5.56 Å². The summed E-state index contributed by atoms with van der Waals surface area (Å²) in [6, 6.07) is 7.85.